The van der Waals surface area contributed by atoms with Gasteiger partial charge in [-0.3, -0.25) is 0 Å². The van der Waals surface area contributed by atoms with Crippen LogP contribution in [0, 0.1) is 6.92 Å². The summed E-state index contributed by atoms with van der Waals surface area (Å²) in [6, 6.07) is 11.3. The van der Waals surface area contributed by atoms with Gasteiger partial charge in [-0.15, -0.1) is 0 Å². The standard InChI is InChI=1S/C19H12Cl2O4/c1-11-8-19(23)25-17-10-13(4-5-14(11)17)24-18(22)7-3-12-2-6-15(20)16(21)9-12/h2-10H,1H3/b7-3+. The van der Waals surface area contributed by atoms with E-state index in [-0.39, 0.29) is 5.75 Å². The van der Waals surface area contributed by atoms with Gasteiger partial charge in [-0.1, -0.05) is 29.3 Å². The van der Waals surface area contributed by atoms with Gasteiger partial charge in [0.25, 0.3) is 0 Å². The monoisotopic (exact) mass is 374 g/mol. The summed E-state index contributed by atoms with van der Waals surface area (Å²) in [5, 5.41) is 1.62. The maximum absolute atomic E-state index is 11.9. The third kappa shape index (κ3) is 4.10. The fraction of sp³-hybridized carbons (Fsp3) is 0.0526. The lowest BCUT2D eigenvalue weighted by Gasteiger charge is -2.04. The minimum absolute atomic E-state index is 0.282. The van der Waals surface area contributed by atoms with E-state index in [1.807, 2.05) is 6.92 Å². The van der Waals surface area contributed by atoms with E-state index in [0.717, 1.165) is 10.9 Å². The molecule has 6 heteroatoms. The number of aryl methyl sites for hydroxylation is 1. The summed E-state index contributed by atoms with van der Waals surface area (Å²) in [6.45, 7) is 1.81. The molecule has 0 radical (unpaired) electrons. The highest BCUT2D eigenvalue weighted by Gasteiger charge is 2.06. The van der Waals surface area contributed by atoms with Crippen LogP contribution < -0.4 is 10.4 Å². The van der Waals surface area contributed by atoms with Crippen molar-refractivity contribution in [2.45, 2.75) is 6.92 Å². The predicted octanol–water partition coefficient (Wildman–Crippen LogP) is 5.03. The van der Waals surface area contributed by atoms with E-state index in [9.17, 15) is 9.59 Å². The number of carbonyl (C=O) groups is 1. The number of hydrogen-bond acceptors (Lipinski definition) is 4. The maximum atomic E-state index is 11.9. The lowest BCUT2D eigenvalue weighted by molar-refractivity contribution is -0.128. The Hall–Kier alpha value is -2.56. The van der Waals surface area contributed by atoms with Gasteiger partial charge in [0.15, 0.2) is 0 Å². The number of hydrogen-bond donors (Lipinski definition) is 0. The number of rotatable bonds is 3. The molecular formula is C19H12Cl2O4. The molecule has 126 valence electrons. The zero-order valence-electron chi connectivity index (χ0n) is 13.1. The molecule has 0 atom stereocenters. The minimum atomic E-state index is -0.569. The van der Waals surface area contributed by atoms with Crippen LogP contribution in [0.15, 0.2) is 57.8 Å². The van der Waals surface area contributed by atoms with Crippen LogP contribution in [0.2, 0.25) is 10.0 Å². The van der Waals surface area contributed by atoms with Crippen LogP contribution >= 0.6 is 23.2 Å². The maximum Gasteiger partial charge on any atom is 0.336 e. The molecule has 1 aromatic heterocycles. The first-order chi connectivity index (χ1) is 11.9. The van der Waals surface area contributed by atoms with Crippen LogP contribution in [0.25, 0.3) is 17.0 Å². The number of esters is 1. The lowest BCUT2D eigenvalue weighted by atomic mass is 10.1. The van der Waals surface area contributed by atoms with Gasteiger partial charge < -0.3 is 9.15 Å². The van der Waals surface area contributed by atoms with Crippen LogP contribution in [-0.2, 0) is 4.79 Å². The average Bonchev–Trinajstić information content (AvgIpc) is 2.55. The molecule has 0 N–H and O–H groups in total. The number of benzene rings is 2. The van der Waals surface area contributed by atoms with E-state index < -0.39 is 11.6 Å². The molecule has 4 nitrogen and oxygen atoms in total. The van der Waals surface area contributed by atoms with E-state index in [2.05, 4.69) is 0 Å². The number of ether oxygens (including phenoxy) is 1. The Labute approximate surface area is 153 Å². The second-order valence-corrected chi connectivity index (χ2v) is 6.15. The Kier molecular flexibility index (Phi) is 4.93. The summed E-state index contributed by atoms with van der Waals surface area (Å²) in [6.07, 6.45) is 2.84. The molecule has 0 aliphatic heterocycles. The molecule has 0 saturated carbocycles. The molecule has 1 heterocycles. The Morgan fingerprint density at radius 3 is 2.64 bits per heavy atom. The fourth-order valence-corrected chi connectivity index (χ4v) is 2.61. The van der Waals surface area contributed by atoms with Crippen molar-refractivity contribution >= 4 is 46.2 Å². The van der Waals surface area contributed by atoms with Gasteiger partial charge in [0, 0.05) is 23.6 Å². The highest BCUT2D eigenvalue weighted by atomic mass is 35.5. The molecule has 0 aliphatic carbocycles. The van der Waals surface area contributed by atoms with Gasteiger partial charge >= 0.3 is 11.6 Å². The van der Waals surface area contributed by atoms with Gasteiger partial charge in [0.1, 0.15) is 11.3 Å². The van der Waals surface area contributed by atoms with Gasteiger partial charge in [-0.25, -0.2) is 9.59 Å². The molecule has 0 bridgehead atoms. The summed E-state index contributed by atoms with van der Waals surface area (Å²) in [7, 11) is 0. The van der Waals surface area contributed by atoms with Crippen LogP contribution in [0.1, 0.15) is 11.1 Å². The Balaban J connectivity index is 1.78. The largest absolute Gasteiger partial charge is 0.423 e. The average molecular weight is 375 g/mol. The summed E-state index contributed by atoms with van der Waals surface area (Å²) < 4.78 is 10.4. The Bertz CT molecular complexity index is 1050. The van der Waals surface area contributed by atoms with Crippen LogP contribution in [0.5, 0.6) is 5.75 Å². The molecule has 2 aromatic carbocycles. The van der Waals surface area contributed by atoms with Crippen molar-refractivity contribution in [2.75, 3.05) is 0 Å². The van der Waals surface area contributed by atoms with E-state index in [1.54, 1.807) is 36.4 Å². The van der Waals surface area contributed by atoms with E-state index in [0.29, 0.717) is 21.2 Å². The summed E-state index contributed by atoms with van der Waals surface area (Å²) in [4.78, 5) is 23.4. The number of fused-ring (bicyclic) bond motifs is 1. The third-order valence-corrected chi connectivity index (χ3v) is 4.24. The minimum Gasteiger partial charge on any atom is -0.423 e. The predicted molar refractivity (Wildman–Crippen MR) is 98.4 cm³/mol. The quantitative estimate of drug-likeness (QED) is 0.279. The second-order valence-electron chi connectivity index (χ2n) is 5.33. The molecule has 0 spiro atoms. The van der Waals surface area contributed by atoms with Crippen molar-refractivity contribution in [1.82, 2.24) is 0 Å². The van der Waals surface area contributed by atoms with Gasteiger partial charge in [0.05, 0.1) is 10.0 Å². The van der Waals surface area contributed by atoms with E-state index in [1.165, 1.54) is 18.2 Å². The van der Waals surface area contributed by atoms with Crippen molar-refractivity contribution in [3.05, 3.63) is 80.1 Å². The smallest absolute Gasteiger partial charge is 0.336 e. The molecule has 0 unspecified atom stereocenters. The number of halogens is 2. The normalized spacial score (nSPS) is 11.2. The van der Waals surface area contributed by atoms with Crippen LogP contribution in [0.4, 0.5) is 0 Å². The molecule has 25 heavy (non-hydrogen) atoms. The van der Waals surface area contributed by atoms with Crippen LogP contribution in [-0.4, -0.2) is 5.97 Å². The first-order valence-electron chi connectivity index (χ1n) is 7.32. The molecule has 3 rings (SSSR count). The van der Waals surface area contributed by atoms with Crippen molar-refractivity contribution < 1.29 is 13.9 Å². The zero-order valence-corrected chi connectivity index (χ0v) is 14.6. The van der Waals surface area contributed by atoms with Crippen molar-refractivity contribution in [3.63, 3.8) is 0 Å². The summed E-state index contributed by atoms with van der Waals surface area (Å²) >= 11 is 11.8. The topological polar surface area (TPSA) is 56.5 Å². The SMILES string of the molecule is Cc1cc(=O)oc2cc(OC(=O)/C=C/c3ccc(Cl)c(Cl)c3)ccc12. The van der Waals surface area contributed by atoms with Crippen molar-refractivity contribution in [1.29, 1.82) is 0 Å². The first-order valence-corrected chi connectivity index (χ1v) is 8.07. The van der Waals surface area contributed by atoms with Crippen molar-refractivity contribution in [2.24, 2.45) is 0 Å². The first kappa shape index (κ1) is 17.3. The van der Waals surface area contributed by atoms with E-state index >= 15 is 0 Å². The van der Waals surface area contributed by atoms with E-state index in [4.69, 9.17) is 32.4 Å². The molecular weight excluding hydrogens is 363 g/mol. The van der Waals surface area contributed by atoms with Gasteiger partial charge in [-0.2, -0.15) is 0 Å². The fourth-order valence-electron chi connectivity index (χ4n) is 2.30. The summed E-state index contributed by atoms with van der Waals surface area (Å²) in [5.74, 6) is -0.287. The molecule has 0 fully saturated rings. The molecule has 0 amide bonds. The Morgan fingerprint density at radius 1 is 1.08 bits per heavy atom. The molecule has 0 aliphatic rings. The molecule has 3 aromatic rings. The van der Waals surface area contributed by atoms with Crippen LogP contribution in [0.3, 0.4) is 0 Å². The lowest BCUT2D eigenvalue weighted by Crippen LogP contribution is -2.04. The third-order valence-electron chi connectivity index (χ3n) is 3.50. The van der Waals surface area contributed by atoms with Gasteiger partial charge in [0.2, 0.25) is 0 Å². The zero-order chi connectivity index (χ0) is 18.0. The second kappa shape index (κ2) is 7.13. The number of carbonyl (C=O) groups excluding carboxylic acids is 1. The highest BCUT2D eigenvalue weighted by molar-refractivity contribution is 6.42. The highest BCUT2D eigenvalue weighted by Crippen LogP contribution is 2.24. The van der Waals surface area contributed by atoms with Gasteiger partial charge in [-0.05, 0) is 48.4 Å². The van der Waals surface area contributed by atoms with Crippen molar-refractivity contribution in [3.8, 4) is 5.75 Å². The molecule has 0 saturated heterocycles. The Morgan fingerprint density at radius 2 is 1.88 bits per heavy atom. The summed E-state index contributed by atoms with van der Waals surface area (Å²) in [5.41, 5.74) is 1.42.